The second-order valence-corrected chi connectivity index (χ2v) is 2.31. The third-order valence-electron chi connectivity index (χ3n) is 1.16. The van der Waals surface area contributed by atoms with E-state index in [-0.39, 0.29) is 12.3 Å². The van der Waals surface area contributed by atoms with Gasteiger partial charge in [-0.05, 0) is 0 Å². The summed E-state index contributed by atoms with van der Waals surface area (Å²) in [6.07, 6.45) is 5.64. The molecular formula is C8H12NO2. The van der Waals surface area contributed by atoms with E-state index in [9.17, 15) is 9.59 Å². The minimum atomic E-state index is 0.0344. The quantitative estimate of drug-likeness (QED) is 0.553. The Morgan fingerprint density at radius 3 is 2.55 bits per heavy atom. The van der Waals surface area contributed by atoms with Crippen LogP contribution in [0.15, 0.2) is 12.2 Å². The maximum atomic E-state index is 10.9. The predicted octanol–water partition coefficient (Wildman–Crippen LogP) is 0.521. The second kappa shape index (κ2) is 5.65. The fourth-order valence-electron chi connectivity index (χ4n) is 0.498. The van der Waals surface area contributed by atoms with Crippen LogP contribution in [-0.4, -0.2) is 31.2 Å². The molecule has 0 aromatic heterocycles. The molecule has 61 valence electrons. The van der Waals surface area contributed by atoms with Crippen molar-refractivity contribution in [1.29, 1.82) is 0 Å². The van der Waals surface area contributed by atoms with Gasteiger partial charge in [0, 0.05) is 26.9 Å². The number of allylic oxidation sites excluding steroid dienone is 1. The summed E-state index contributed by atoms with van der Waals surface area (Å²) in [5.41, 5.74) is 0. The van der Waals surface area contributed by atoms with Crippen molar-refractivity contribution >= 4 is 12.2 Å². The van der Waals surface area contributed by atoms with E-state index in [1.165, 1.54) is 4.90 Å². The van der Waals surface area contributed by atoms with Gasteiger partial charge in [-0.25, -0.2) is 0 Å². The van der Waals surface area contributed by atoms with Crippen molar-refractivity contribution in [2.45, 2.75) is 12.8 Å². The summed E-state index contributed by atoms with van der Waals surface area (Å²) in [6.45, 7) is 0. The van der Waals surface area contributed by atoms with E-state index in [2.05, 4.69) is 0 Å². The molecule has 0 N–H and O–H groups in total. The van der Waals surface area contributed by atoms with Gasteiger partial charge < -0.3 is 4.90 Å². The van der Waals surface area contributed by atoms with Crippen LogP contribution >= 0.6 is 0 Å². The van der Waals surface area contributed by atoms with Crippen LogP contribution in [0.1, 0.15) is 12.8 Å². The topological polar surface area (TPSA) is 37.4 Å². The van der Waals surface area contributed by atoms with Gasteiger partial charge in [0.25, 0.3) is 0 Å². The molecule has 0 bridgehead atoms. The molecule has 11 heavy (non-hydrogen) atoms. The van der Waals surface area contributed by atoms with E-state index in [0.29, 0.717) is 6.42 Å². The van der Waals surface area contributed by atoms with Crippen molar-refractivity contribution in [2.75, 3.05) is 14.1 Å². The van der Waals surface area contributed by atoms with Crippen molar-refractivity contribution in [3.05, 3.63) is 12.2 Å². The molecule has 0 aromatic rings. The molecule has 1 amide bonds. The lowest BCUT2D eigenvalue weighted by molar-refractivity contribution is -0.127. The summed E-state index contributed by atoms with van der Waals surface area (Å²) in [5, 5.41) is 0. The van der Waals surface area contributed by atoms with E-state index in [4.69, 9.17) is 0 Å². The molecule has 0 saturated heterocycles. The Morgan fingerprint density at radius 1 is 1.45 bits per heavy atom. The first-order valence-corrected chi connectivity index (χ1v) is 3.38. The molecule has 0 aliphatic carbocycles. The predicted molar refractivity (Wildman–Crippen MR) is 42.8 cm³/mol. The van der Waals surface area contributed by atoms with Crippen LogP contribution < -0.4 is 0 Å². The van der Waals surface area contributed by atoms with Gasteiger partial charge in [-0.3, -0.25) is 9.59 Å². The second-order valence-electron chi connectivity index (χ2n) is 2.31. The first-order valence-electron chi connectivity index (χ1n) is 3.38. The maximum absolute atomic E-state index is 10.9. The third kappa shape index (κ3) is 5.33. The SMILES string of the molecule is CN(C)C(=O)CC=CC[C]=O. The normalized spacial score (nSPS) is 10.0. The highest BCUT2D eigenvalue weighted by Crippen LogP contribution is 1.89. The van der Waals surface area contributed by atoms with Crippen molar-refractivity contribution < 1.29 is 9.59 Å². The number of carbonyl (C=O) groups excluding carboxylic acids is 2. The molecule has 0 aliphatic heterocycles. The van der Waals surface area contributed by atoms with Gasteiger partial charge in [-0.15, -0.1) is 0 Å². The first-order chi connectivity index (χ1) is 5.18. The first kappa shape index (κ1) is 9.88. The Labute approximate surface area is 66.7 Å². The lowest BCUT2D eigenvalue weighted by Crippen LogP contribution is -2.20. The standard InChI is InChI=1S/C8H12NO2/c1-9(2)8(11)6-4-3-5-7-10/h3-4H,5-6H2,1-2H3. The van der Waals surface area contributed by atoms with Crippen LogP contribution in [0.2, 0.25) is 0 Å². The zero-order valence-electron chi connectivity index (χ0n) is 6.83. The highest BCUT2D eigenvalue weighted by molar-refractivity contribution is 5.77. The lowest BCUT2D eigenvalue weighted by atomic mass is 10.3. The molecule has 0 rings (SSSR count). The van der Waals surface area contributed by atoms with Crippen LogP contribution in [0.25, 0.3) is 0 Å². The fraction of sp³-hybridized carbons (Fsp3) is 0.500. The highest BCUT2D eigenvalue weighted by Gasteiger charge is 1.98. The van der Waals surface area contributed by atoms with Crippen LogP contribution in [0.3, 0.4) is 0 Å². The Balaban J connectivity index is 3.53. The zero-order valence-corrected chi connectivity index (χ0v) is 6.83. The van der Waals surface area contributed by atoms with E-state index >= 15 is 0 Å². The molecular weight excluding hydrogens is 142 g/mol. The molecule has 0 aromatic carbocycles. The molecule has 0 aliphatic rings. The third-order valence-corrected chi connectivity index (χ3v) is 1.16. The van der Waals surface area contributed by atoms with Gasteiger partial charge in [0.1, 0.15) is 0 Å². The van der Waals surface area contributed by atoms with E-state index in [1.54, 1.807) is 32.5 Å². The van der Waals surface area contributed by atoms with Crippen molar-refractivity contribution in [1.82, 2.24) is 4.90 Å². The minimum Gasteiger partial charge on any atom is -0.349 e. The number of hydrogen-bond donors (Lipinski definition) is 0. The van der Waals surface area contributed by atoms with E-state index < -0.39 is 0 Å². The summed E-state index contributed by atoms with van der Waals surface area (Å²) in [4.78, 5) is 22.1. The Hall–Kier alpha value is -1.12. The van der Waals surface area contributed by atoms with Gasteiger partial charge in [0.15, 0.2) is 0 Å². The molecule has 3 heteroatoms. The van der Waals surface area contributed by atoms with Crippen LogP contribution in [0.4, 0.5) is 0 Å². The maximum Gasteiger partial charge on any atom is 0.225 e. The van der Waals surface area contributed by atoms with E-state index in [0.717, 1.165) is 0 Å². The Bertz CT molecular complexity index is 161. The van der Waals surface area contributed by atoms with Crippen LogP contribution in [-0.2, 0) is 9.59 Å². The summed E-state index contributed by atoms with van der Waals surface area (Å²) < 4.78 is 0. The molecule has 1 radical (unpaired) electrons. The minimum absolute atomic E-state index is 0.0344. The molecule has 0 unspecified atom stereocenters. The smallest absolute Gasteiger partial charge is 0.225 e. The monoisotopic (exact) mass is 154 g/mol. The Morgan fingerprint density at radius 2 is 2.09 bits per heavy atom. The summed E-state index contributed by atoms with van der Waals surface area (Å²) in [5.74, 6) is 0.0344. The largest absolute Gasteiger partial charge is 0.349 e. The average Bonchev–Trinajstić information content (AvgIpc) is 1.97. The summed E-state index contributed by atoms with van der Waals surface area (Å²) in [6, 6.07) is 0. The van der Waals surface area contributed by atoms with Crippen LogP contribution in [0, 0.1) is 0 Å². The zero-order chi connectivity index (χ0) is 8.69. The van der Waals surface area contributed by atoms with Gasteiger partial charge >= 0.3 is 0 Å². The Kier molecular flexibility index (Phi) is 5.07. The van der Waals surface area contributed by atoms with Gasteiger partial charge in [0.2, 0.25) is 12.2 Å². The number of nitrogens with zero attached hydrogens (tertiary/aromatic N) is 1. The van der Waals surface area contributed by atoms with Crippen molar-refractivity contribution in [2.24, 2.45) is 0 Å². The molecule has 0 spiro atoms. The average molecular weight is 154 g/mol. The fourth-order valence-corrected chi connectivity index (χ4v) is 0.498. The van der Waals surface area contributed by atoms with Gasteiger partial charge in [-0.2, -0.15) is 0 Å². The number of amides is 1. The lowest BCUT2D eigenvalue weighted by Gasteiger charge is -2.06. The number of carbonyl (C=O) groups is 1. The molecule has 3 nitrogen and oxygen atoms in total. The van der Waals surface area contributed by atoms with Gasteiger partial charge in [-0.1, -0.05) is 12.2 Å². The molecule has 0 saturated carbocycles. The van der Waals surface area contributed by atoms with Crippen molar-refractivity contribution in [3.8, 4) is 0 Å². The molecule has 0 fully saturated rings. The molecule has 0 atom stereocenters. The highest BCUT2D eigenvalue weighted by atomic mass is 16.2. The van der Waals surface area contributed by atoms with E-state index in [1.807, 2.05) is 0 Å². The number of hydrogen-bond acceptors (Lipinski definition) is 2. The molecule has 0 heterocycles. The van der Waals surface area contributed by atoms with Gasteiger partial charge in [0.05, 0.1) is 0 Å². The van der Waals surface area contributed by atoms with Crippen molar-refractivity contribution in [3.63, 3.8) is 0 Å². The summed E-state index contributed by atoms with van der Waals surface area (Å²) >= 11 is 0. The van der Waals surface area contributed by atoms with Crippen LogP contribution in [0.5, 0.6) is 0 Å². The number of rotatable bonds is 4. The summed E-state index contributed by atoms with van der Waals surface area (Å²) in [7, 11) is 3.39.